The van der Waals surface area contributed by atoms with E-state index in [1.807, 2.05) is 12.1 Å². The summed E-state index contributed by atoms with van der Waals surface area (Å²) in [7, 11) is 0. The van der Waals surface area contributed by atoms with Crippen LogP contribution in [0.1, 0.15) is 20.8 Å². The van der Waals surface area contributed by atoms with Crippen molar-refractivity contribution < 1.29 is 14.5 Å². The van der Waals surface area contributed by atoms with Crippen LogP contribution in [0.3, 0.4) is 0 Å². The van der Waals surface area contributed by atoms with E-state index in [0.29, 0.717) is 5.52 Å². The van der Waals surface area contributed by atoms with Crippen LogP contribution in [-0.2, 0) is 0 Å². The second-order valence-corrected chi connectivity index (χ2v) is 6.08. The SMILES string of the molecule is O=C(NNC(=O)c1ccc2ccccc2n1)c1ccc(Br)c([N+](=O)[O-])c1. The Bertz CT molecular complexity index is 1040. The van der Waals surface area contributed by atoms with Crippen LogP contribution in [0.2, 0.25) is 0 Å². The fourth-order valence-electron chi connectivity index (χ4n) is 2.24. The van der Waals surface area contributed by atoms with E-state index in [4.69, 9.17) is 0 Å². The predicted molar refractivity (Wildman–Crippen MR) is 97.5 cm³/mol. The van der Waals surface area contributed by atoms with Crippen LogP contribution in [-0.4, -0.2) is 21.7 Å². The van der Waals surface area contributed by atoms with Crippen LogP contribution in [0.5, 0.6) is 0 Å². The number of amides is 2. The maximum absolute atomic E-state index is 12.1. The lowest BCUT2D eigenvalue weighted by Gasteiger charge is -2.08. The van der Waals surface area contributed by atoms with E-state index in [2.05, 4.69) is 31.8 Å². The predicted octanol–water partition coefficient (Wildman–Crippen LogP) is 2.98. The van der Waals surface area contributed by atoms with Crippen LogP contribution in [0.25, 0.3) is 10.9 Å². The molecule has 26 heavy (non-hydrogen) atoms. The molecule has 0 aliphatic heterocycles. The highest BCUT2D eigenvalue weighted by Gasteiger charge is 2.17. The molecule has 0 aliphatic rings. The van der Waals surface area contributed by atoms with Gasteiger partial charge in [-0.3, -0.25) is 30.6 Å². The van der Waals surface area contributed by atoms with Crippen molar-refractivity contribution >= 4 is 44.3 Å². The van der Waals surface area contributed by atoms with Gasteiger partial charge in [0, 0.05) is 17.0 Å². The number of nitrogens with zero attached hydrogens (tertiary/aromatic N) is 2. The van der Waals surface area contributed by atoms with Crippen LogP contribution in [0.4, 0.5) is 5.69 Å². The largest absolute Gasteiger partial charge is 0.288 e. The van der Waals surface area contributed by atoms with E-state index >= 15 is 0 Å². The molecule has 9 heteroatoms. The van der Waals surface area contributed by atoms with Gasteiger partial charge in [0.2, 0.25) is 0 Å². The van der Waals surface area contributed by atoms with Crippen molar-refractivity contribution in [2.24, 2.45) is 0 Å². The number of rotatable bonds is 3. The Labute approximate surface area is 155 Å². The van der Waals surface area contributed by atoms with Gasteiger partial charge in [-0.15, -0.1) is 0 Å². The highest BCUT2D eigenvalue weighted by atomic mass is 79.9. The number of benzene rings is 2. The maximum atomic E-state index is 12.1. The highest BCUT2D eigenvalue weighted by molar-refractivity contribution is 9.10. The molecule has 2 N–H and O–H groups in total. The van der Waals surface area contributed by atoms with Crippen LogP contribution < -0.4 is 10.9 Å². The van der Waals surface area contributed by atoms with Gasteiger partial charge in [0.05, 0.1) is 14.9 Å². The smallest absolute Gasteiger partial charge is 0.267 e. The molecule has 1 heterocycles. The number of nitro groups is 1. The van der Waals surface area contributed by atoms with Gasteiger partial charge in [0.15, 0.2) is 0 Å². The molecule has 0 unspecified atom stereocenters. The van der Waals surface area contributed by atoms with Gasteiger partial charge < -0.3 is 0 Å². The van der Waals surface area contributed by atoms with Crippen molar-refractivity contribution in [3.05, 3.63) is 80.4 Å². The van der Waals surface area contributed by atoms with Crippen molar-refractivity contribution in [2.45, 2.75) is 0 Å². The van der Waals surface area contributed by atoms with Crippen molar-refractivity contribution in [1.29, 1.82) is 0 Å². The van der Waals surface area contributed by atoms with Crippen molar-refractivity contribution in [2.75, 3.05) is 0 Å². The molecule has 0 radical (unpaired) electrons. The fraction of sp³-hybridized carbons (Fsp3) is 0. The number of halogens is 1. The molecule has 2 aromatic carbocycles. The Kier molecular flexibility index (Phi) is 4.90. The summed E-state index contributed by atoms with van der Waals surface area (Å²) < 4.78 is 0.253. The van der Waals surface area contributed by atoms with Crippen LogP contribution >= 0.6 is 15.9 Å². The lowest BCUT2D eigenvalue weighted by molar-refractivity contribution is -0.385. The molecule has 130 valence electrons. The minimum Gasteiger partial charge on any atom is -0.267 e. The third-order valence-corrected chi connectivity index (χ3v) is 4.20. The van der Waals surface area contributed by atoms with Gasteiger partial charge in [0.25, 0.3) is 17.5 Å². The molecule has 1 aromatic heterocycles. The number of pyridine rings is 1. The van der Waals surface area contributed by atoms with Crippen LogP contribution in [0.15, 0.2) is 59.1 Å². The summed E-state index contributed by atoms with van der Waals surface area (Å²) in [5, 5.41) is 11.8. The number of carbonyl (C=O) groups is 2. The van der Waals surface area contributed by atoms with Gasteiger partial charge in [0.1, 0.15) is 5.69 Å². The van der Waals surface area contributed by atoms with Gasteiger partial charge in [-0.2, -0.15) is 0 Å². The lowest BCUT2D eigenvalue weighted by atomic mass is 10.2. The number of para-hydroxylation sites is 1. The zero-order valence-electron chi connectivity index (χ0n) is 13.1. The third kappa shape index (κ3) is 3.67. The summed E-state index contributed by atoms with van der Waals surface area (Å²) in [6, 6.07) is 14.5. The van der Waals surface area contributed by atoms with E-state index < -0.39 is 16.7 Å². The summed E-state index contributed by atoms with van der Waals surface area (Å²) in [6.45, 7) is 0. The first-order chi connectivity index (χ1) is 12.5. The Balaban J connectivity index is 1.71. The minimum absolute atomic E-state index is 0.0340. The van der Waals surface area contributed by atoms with Gasteiger partial charge in [-0.05, 0) is 40.2 Å². The van der Waals surface area contributed by atoms with Gasteiger partial charge >= 0.3 is 0 Å². The molecule has 8 nitrogen and oxygen atoms in total. The Morgan fingerprint density at radius 1 is 1.00 bits per heavy atom. The number of fused-ring (bicyclic) bond motifs is 1. The molecule has 0 saturated carbocycles. The molecular formula is C17H11BrN4O4. The van der Waals surface area contributed by atoms with Crippen molar-refractivity contribution in [3.63, 3.8) is 0 Å². The first-order valence-corrected chi connectivity index (χ1v) is 8.15. The molecule has 3 aromatic rings. The molecule has 0 spiro atoms. The first-order valence-electron chi connectivity index (χ1n) is 7.36. The quantitative estimate of drug-likeness (QED) is 0.504. The molecule has 0 atom stereocenters. The molecular weight excluding hydrogens is 404 g/mol. The van der Waals surface area contributed by atoms with Gasteiger partial charge in [-0.25, -0.2) is 4.98 Å². The summed E-state index contributed by atoms with van der Waals surface area (Å²) in [4.78, 5) is 38.8. The number of hydrogen-bond donors (Lipinski definition) is 2. The minimum atomic E-state index is -0.685. The zero-order valence-corrected chi connectivity index (χ0v) is 14.7. The average Bonchev–Trinajstić information content (AvgIpc) is 2.65. The molecule has 0 fully saturated rings. The molecule has 2 amide bonds. The number of nitro benzene ring substituents is 1. The van der Waals surface area contributed by atoms with E-state index in [9.17, 15) is 19.7 Å². The first kappa shape index (κ1) is 17.5. The summed E-state index contributed by atoms with van der Waals surface area (Å²) in [5.74, 6) is -1.29. The lowest BCUT2D eigenvalue weighted by Crippen LogP contribution is -2.41. The second kappa shape index (κ2) is 7.28. The molecule has 0 aliphatic carbocycles. The summed E-state index contributed by atoms with van der Waals surface area (Å²) in [6.07, 6.45) is 0. The maximum Gasteiger partial charge on any atom is 0.288 e. The number of nitrogens with one attached hydrogen (secondary N) is 2. The molecule has 3 rings (SSSR count). The molecule has 0 bridgehead atoms. The van der Waals surface area contributed by atoms with E-state index in [0.717, 1.165) is 11.5 Å². The number of aromatic nitrogens is 1. The topological polar surface area (TPSA) is 114 Å². The van der Waals surface area contributed by atoms with Gasteiger partial charge in [-0.1, -0.05) is 24.3 Å². The number of hydrogen-bond acceptors (Lipinski definition) is 5. The zero-order chi connectivity index (χ0) is 18.7. The van der Waals surface area contributed by atoms with E-state index in [1.54, 1.807) is 18.2 Å². The molecule has 0 saturated heterocycles. The summed E-state index contributed by atoms with van der Waals surface area (Å²) >= 11 is 3.04. The number of hydrazine groups is 1. The Morgan fingerprint density at radius 3 is 2.50 bits per heavy atom. The monoisotopic (exact) mass is 414 g/mol. The normalized spacial score (nSPS) is 10.3. The van der Waals surface area contributed by atoms with E-state index in [1.165, 1.54) is 18.2 Å². The average molecular weight is 415 g/mol. The number of carbonyl (C=O) groups excluding carboxylic acids is 2. The second-order valence-electron chi connectivity index (χ2n) is 5.22. The van der Waals surface area contributed by atoms with Crippen LogP contribution in [0, 0.1) is 10.1 Å². The van der Waals surface area contributed by atoms with Crippen molar-refractivity contribution in [3.8, 4) is 0 Å². The van der Waals surface area contributed by atoms with Crippen molar-refractivity contribution in [1.82, 2.24) is 15.8 Å². The highest BCUT2D eigenvalue weighted by Crippen LogP contribution is 2.25. The Morgan fingerprint density at radius 2 is 1.73 bits per heavy atom. The van der Waals surface area contributed by atoms with E-state index in [-0.39, 0.29) is 21.4 Å². The third-order valence-electron chi connectivity index (χ3n) is 3.53. The standard InChI is InChI=1S/C17H11BrN4O4/c18-12-7-5-11(9-15(12)22(25)26)16(23)20-21-17(24)14-8-6-10-3-1-2-4-13(10)19-14/h1-9H,(H,20,23)(H,21,24). The Hall–Kier alpha value is -3.33. The summed E-state index contributed by atoms with van der Waals surface area (Å²) in [5.41, 5.74) is 5.02. The fourth-order valence-corrected chi connectivity index (χ4v) is 2.63.